The van der Waals surface area contributed by atoms with Crippen LogP contribution in [-0.4, -0.2) is 58.6 Å². The summed E-state index contributed by atoms with van der Waals surface area (Å²) in [6.07, 6.45) is 1.05. The van der Waals surface area contributed by atoms with Gasteiger partial charge in [0, 0.05) is 25.4 Å². The SMILES string of the molecule is COCCNC(=O)c1cccc(S(=O)(=O)NC(=O)c2ccc(C(=O)OC)nc2)c1. The zero-order valence-corrected chi connectivity index (χ0v) is 16.5. The molecule has 2 rings (SSSR count). The second-order valence-electron chi connectivity index (χ2n) is 5.63. The molecule has 154 valence electrons. The minimum Gasteiger partial charge on any atom is -0.464 e. The predicted octanol–water partition coefficient (Wildman–Crippen LogP) is 0.363. The van der Waals surface area contributed by atoms with E-state index >= 15 is 0 Å². The van der Waals surface area contributed by atoms with E-state index in [1.165, 1.54) is 44.6 Å². The number of aromatic nitrogens is 1. The fourth-order valence-corrected chi connectivity index (χ4v) is 3.19. The lowest BCUT2D eigenvalue weighted by Crippen LogP contribution is -2.31. The zero-order chi connectivity index (χ0) is 21.4. The second-order valence-corrected chi connectivity index (χ2v) is 7.32. The Balaban J connectivity index is 2.14. The molecule has 10 nitrogen and oxygen atoms in total. The Morgan fingerprint density at radius 2 is 1.79 bits per heavy atom. The summed E-state index contributed by atoms with van der Waals surface area (Å²) in [6, 6.07) is 7.70. The number of sulfonamides is 1. The highest BCUT2D eigenvalue weighted by Crippen LogP contribution is 2.13. The molecule has 2 amide bonds. The Bertz CT molecular complexity index is 1000. The van der Waals surface area contributed by atoms with Crippen LogP contribution < -0.4 is 10.0 Å². The molecular formula is C18H19N3O7S. The quantitative estimate of drug-likeness (QED) is 0.460. The molecule has 0 unspecified atom stereocenters. The van der Waals surface area contributed by atoms with E-state index in [9.17, 15) is 22.8 Å². The minimum atomic E-state index is -4.24. The molecule has 0 atom stereocenters. The van der Waals surface area contributed by atoms with Crippen molar-refractivity contribution in [3.8, 4) is 0 Å². The number of nitrogens with one attached hydrogen (secondary N) is 2. The van der Waals surface area contributed by atoms with Crippen LogP contribution in [-0.2, 0) is 19.5 Å². The van der Waals surface area contributed by atoms with Gasteiger partial charge < -0.3 is 14.8 Å². The van der Waals surface area contributed by atoms with Gasteiger partial charge in [-0.1, -0.05) is 6.07 Å². The first-order valence-corrected chi connectivity index (χ1v) is 9.75. The Morgan fingerprint density at radius 3 is 2.41 bits per heavy atom. The Kier molecular flexibility index (Phi) is 7.39. The van der Waals surface area contributed by atoms with Gasteiger partial charge in [0.15, 0.2) is 0 Å². The van der Waals surface area contributed by atoms with Gasteiger partial charge in [0.25, 0.3) is 21.8 Å². The first kappa shape index (κ1) is 22.0. The average Bonchev–Trinajstić information content (AvgIpc) is 2.73. The largest absolute Gasteiger partial charge is 0.464 e. The number of pyridine rings is 1. The monoisotopic (exact) mass is 421 g/mol. The van der Waals surface area contributed by atoms with Crippen LogP contribution in [0.25, 0.3) is 0 Å². The summed E-state index contributed by atoms with van der Waals surface area (Å²) >= 11 is 0. The van der Waals surface area contributed by atoms with Crippen LogP contribution in [0.15, 0.2) is 47.5 Å². The van der Waals surface area contributed by atoms with E-state index in [0.29, 0.717) is 6.61 Å². The standard InChI is InChI=1S/C18H19N3O7S/c1-27-9-8-19-16(22)12-4-3-5-14(10-12)29(25,26)21-17(23)13-6-7-15(20-11-13)18(24)28-2/h3-7,10-11H,8-9H2,1-2H3,(H,19,22)(H,21,23). The highest BCUT2D eigenvalue weighted by atomic mass is 32.2. The summed E-state index contributed by atoms with van der Waals surface area (Å²) < 4.78 is 36.2. The molecular weight excluding hydrogens is 402 g/mol. The molecule has 2 N–H and O–H groups in total. The Labute approximate surface area is 167 Å². The number of methoxy groups -OCH3 is 2. The van der Waals surface area contributed by atoms with Crippen LogP contribution in [0.3, 0.4) is 0 Å². The Hall–Kier alpha value is -3.31. The van der Waals surface area contributed by atoms with E-state index < -0.39 is 27.8 Å². The maximum Gasteiger partial charge on any atom is 0.356 e. The molecule has 0 saturated heterocycles. The molecule has 2 aromatic rings. The van der Waals surface area contributed by atoms with Gasteiger partial charge in [0.2, 0.25) is 0 Å². The highest BCUT2D eigenvalue weighted by Gasteiger charge is 2.21. The molecule has 0 saturated carbocycles. The number of carbonyl (C=O) groups excluding carboxylic acids is 3. The van der Waals surface area contributed by atoms with Gasteiger partial charge >= 0.3 is 5.97 Å². The number of amides is 2. The van der Waals surface area contributed by atoms with Crippen molar-refractivity contribution < 1.29 is 32.3 Å². The number of hydrogen-bond donors (Lipinski definition) is 2. The van der Waals surface area contributed by atoms with Gasteiger partial charge in [-0.25, -0.2) is 22.9 Å². The summed E-state index contributed by atoms with van der Waals surface area (Å²) in [4.78, 5) is 39.1. The summed E-state index contributed by atoms with van der Waals surface area (Å²) in [5.41, 5.74) is 0.00862. The third-order valence-electron chi connectivity index (χ3n) is 3.65. The molecule has 1 heterocycles. The fraction of sp³-hybridized carbons (Fsp3) is 0.222. The molecule has 1 aromatic carbocycles. The van der Waals surface area contributed by atoms with Crippen molar-refractivity contribution in [2.24, 2.45) is 0 Å². The average molecular weight is 421 g/mol. The first-order valence-electron chi connectivity index (χ1n) is 8.27. The summed E-state index contributed by atoms with van der Waals surface area (Å²) in [5.74, 6) is -2.11. The number of esters is 1. The topological polar surface area (TPSA) is 141 Å². The van der Waals surface area contributed by atoms with Gasteiger partial charge in [-0.3, -0.25) is 9.59 Å². The summed E-state index contributed by atoms with van der Waals surface area (Å²) in [7, 11) is -1.57. The lowest BCUT2D eigenvalue weighted by Gasteiger charge is -2.09. The molecule has 0 spiro atoms. The number of benzene rings is 1. The zero-order valence-electron chi connectivity index (χ0n) is 15.7. The van der Waals surface area contributed by atoms with E-state index in [0.717, 1.165) is 12.3 Å². The van der Waals surface area contributed by atoms with Gasteiger partial charge in [0.05, 0.1) is 24.2 Å². The van der Waals surface area contributed by atoms with Gasteiger partial charge in [0.1, 0.15) is 5.69 Å². The summed E-state index contributed by atoms with van der Waals surface area (Å²) in [5, 5.41) is 2.57. The van der Waals surface area contributed by atoms with Gasteiger partial charge in [-0.15, -0.1) is 0 Å². The maximum atomic E-state index is 12.5. The predicted molar refractivity (Wildman–Crippen MR) is 101 cm³/mol. The molecule has 0 aliphatic rings. The minimum absolute atomic E-state index is 0.0286. The van der Waals surface area contributed by atoms with Crippen LogP contribution in [0, 0.1) is 0 Å². The normalized spacial score (nSPS) is 10.8. The third kappa shape index (κ3) is 5.83. The molecule has 1 aromatic heterocycles. The lowest BCUT2D eigenvalue weighted by molar-refractivity contribution is 0.0593. The number of nitrogens with zero attached hydrogens (tertiary/aromatic N) is 1. The molecule has 0 aliphatic carbocycles. The van der Waals surface area contributed by atoms with Gasteiger partial charge in [-0.05, 0) is 30.3 Å². The van der Waals surface area contributed by atoms with Crippen LogP contribution >= 0.6 is 0 Å². The van der Waals surface area contributed by atoms with Crippen LogP contribution in [0.2, 0.25) is 0 Å². The van der Waals surface area contributed by atoms with Crippen molar-refractivity contribution in [3.63, 3.8) is 0 Å². The molecule has 0 fully saturated rings. The van der Waals surface area contributed by atoms with E-state index in [4.69, 9.17) is 4.74 Å². The van der Waals surface area contributed by atoms with Crippen molar-refractivity contribution >= 4 is 27.8 Å². The van der Waals surface area contributed by atoms with Crippen LogP contribution in [0.1, 0.15) is 31.2 Å². The van der Waals surface area contributed by atoms with E-state index in [1.807, 2.05) is 4.72 Å². The van der Waals surface area contributed by atoms with Crippen molar-refractivity contribution in [2.45, 2.75) is 4.90 Å². The number of carbonyl (C=O) groups is 3. The van der Waals surface area contributed by atoms with E-state index in [2.05, 4.69) is 15.0 Å². The van der Waals surface area contributed by atoms with E-state index in [-0.39, 0.29) is 28.3 Å². The third-order valence-corrected chi connectivity index (χ3v) is 4.97. The van der Waals surface area contributed by atoms with Crippen LogP contribution in [0.4, 0.5) is 0 Å². The number of ether oxygens (including phenoxy) is 2. The van der Waals surface area contributed by atoms with Crippen LogP contribution in [0.5, 0.6) is 0 Å². The molecule has 0 bridgehead atoms. The van der Waals surface area contributed by atoms with Gasteiger partial charge in [-0.2, -0.15) is 0 Å². The van der Waals surface area contributed by atoms with Crippen molar-refractivity contribution in [2.75, 3.05) is 27.4 Å². The van der Waals surface area contributed by atoms with Crippen molar-refractivity contribution in [3.05, 3.63) is 59.4 Å². The fourth-order valence-electron chi connectivity index (χ4n) is 2.17. The molecule has 0 aliphatic heterocycles. The van der Waals surface area contributed by atoms with Crippen molar-refractivity contribution in [1.29, 1.82) is 0 Å². The highest BCUT2D eigenvalue weighted by molar-refractivity contribution is 7.90. The Morgan fingerprint density at radius 1 is 1.03 bits per heavy atom. The number of rotatable bonds is 8. The lowest BCUT2D eigenvalue weighted by atomic mass is 10.2. The molecule has 29 heavy (non-hydrogen) atoms. The first-order chi connectivity index (χ1) is 13.8. The van der Waals surface area contributed by atoms with Crippen molar-refractivity contribution in [1.82, 2.24) is 15.0 Å². The molecule has 11 heteroatoms. The molecule has 0 radical (unpaired) electrons. The van der Waals surface area contributed by atoms with E-state index in [1.54, 1.807) is 0 Å². The smallest absolute Gasteiger partial charge is 0.356 e. The summed E-state index contributed by atoms with van der Waals surface area (Å²) in [6.45, 7) is 0.570. The maximum absolute atomic E-state index is 12.5. The number of hydrogen-bond acceptors (Lipinski definition) is 8. The second kappa shape index (κ2) is 9.75.